The monoisotopic (exact) mass is 299 g/mol. The molecule has 2 nitrogen and oxygen atoms in total. The van der Waals surface area contributed by atoms with Crippen LogP contribution < -0.4 is 5.32 Å². The summed E-state index contributed by atoms with van der Waals surface area (Å²) in [4.78, 5) is 0. The molecule has 96 valence electrons. The molecule has 1 unspecified atom stereocenters. The topological polar surface area (TPSA) is 32.3 Å². The summed E-state index contributed by atoms with van der Waals surface area (Å²) in [6.07, 6.45) is 0.672. The lowest BCUT2D eigenvalue weighted by Crippen LogP contribution is -2.40. The maximum atomic E-state index is 10.3. The van der Waals surface area contributed by atoms with Crippen LogP contribution in [0.5, 0.6) is 0 Å². The fourth-order valence-electron chi connectivity index (χ4n) is 1.73. The summed E-state index contributed by atoms with van der Waals surface area (Å²) >= 11 is 3.41. The van der Waals surface area contributed by atoms with E-state index in [1.165, 1.54) is 0 Å². The zero-order chi connectivity index (χ0) is 12.9. The van der Waals surface area contributed by atoms with Crippen molar-refractivity contribution < 1.29 is 5.11 Å². The van der Waals surface area contributed by atoms with Gasteiger partial charge in [-0.05, 0) is 37.1 Å². The smallest absolute Gasteiger partial charge is 0.0783 e. The highest BCUT2D eigenvalue weighted by molar-refractivity contribution is 9.10. The molecule has 0 bridgehead atoms. The number of rotatable bonds is 6. The van der Waals surface area contributed by atoms with Crippen LogP contribution in [0.25, 0.3) is 0 Å². The molecule has 0 saturated heterocycles. The van der Waals surface area contributed by atoms with Gasteiger partial charge in [0.1, 0.15) is 0 Å². The predicted octanol–water partition coefficient (Wildman–Crippen LogP) is 2.99. The van der Waals surface area contributed by atoms with Crippen molar-refractivity contribution >= 4 is 15.9 Å². The van der Waals surface area contributed by atoms with Gasteiger partial charge < -0.3 is 10.4 Å². The number of aliphatic hydroxyl groups is 1. The van der Waals surface area contributed by atoms with Crippen LogP contribution in [0.4, 0.5) is 0 Å². The van der Waals surface area contributed by atoms with E-state index in [2.05, 4.69) is 35.1 Å². The summed E-state index contributed by atoms with van der Waals surface area (Å²) in [6, 6.07) is 8.10. The molecular formula is C14H22BrNO. The van der Waals surface area contributed by atoms with Crippen LogP contribution in [-0.4, -0.2) is 23.8 Å². The highest BCUT2D eigenvalue weighted by Gasteiger charge is 2.20. The van der Waals surface area contributed by atoms with E-state index in [-0.39, 0.29) is 0 Å². The lowest BCUT2D eigenvalue weighted by Gasteiger charge is -2.24. The van der Waals surface area contributed by atoms with E-state index in [4.69, 9.17) is 0 Å². The highest BCUT2D eigenvalue weighted by Crippen LogP contribution is 2.16. The first kappa shape index (κ1) is 14.7. The molecule has 3 heteroatoms. The third-order valence-electron chi connectivity index (χ3n) is 2.56. The molecule has 0 saturated carbocycles. The van der Waals surface area contributed by atoms with Gasteiger partial charge >= 0.3 is 0 Å². The summed E-state index contributed by atoms with van der Waals surface area (Å²) in [5, 5.41) is 13.6. The van der Waals surface area contributed by atoms with Crippen molar-refractivity contribution in [2.45, 2.75) is 32.8 Å². The van der Waals surface area contributed by atoms with Gasteiger partial charge in [0, 0.05) is 17.4 Å². The zero-order valence-electron chi connectivity index (χ0n) is 10.8. The highest BCUT2D eigenvalue weighted by atomic mass is 79.9. The fourth-order valence-corrected chi connectivity index (χ4v) is 2.00. The number of benzene rings is 1. The lowest BCUT2D eigenvalue weighted by atomic mass is 9.96. The molecule has 17 heavy (non-hydrogen) atoms. The Balaban J connectivity index is 2.45. The van der Waals surface area contributed by atoms with Gasteiger partial charge in [-0.25, -0.2) is 0 Å². The first-order valence-electron chi connectivity index (χ1n) is 6.06. The van der Waals surface area contributed by atoms with Crippen LogP contribution in [0.1, 0.15) is 26.3 Å². The van der Waals surface area contributed by atoms with Crippen molar-refractivity contribution in [3.63, 3.8) is 0 Å². The standard InChI is InChI=1S/C14H22BrNO/c1-11(2)9-16-10-14(3,17)8-12-4-6-13(15)7-5-12/h4-7,11,16-17H,8-10H2,1-3H3. The van der Waals surface area contributed by atoms with Crippen LogP contribution in [0.3, 0.4) is 0 Å². The summed E-state index contributed by atoms with van der Waals surface area (Å²) in [5.41, 5.74) is 0.465. The second-order valence-electron chi connectivity index (χ2n) is 5.32. The molecule has 0 radical (unpaired) electrons. The largest absolute Gasteiger partial charge is 0.389 e. The van der Waals surface area contributed by atoms with Gasteiger partial charge in [0.05, 0.1) is 5.60 Å². The third-order valence-corrected chi connectivity index (χ3v) is 3.09. The van der Waals surface area contributed by atoms with Crippen molar-refractivity contribution in [2.24, 2.45) is 5.92 Å². The van der Waals surface area contributed by atoms with E-state index in [9.17, 15) is 5.11 Å². The zero-order valence-corrected chi connectivity index (χ0v) is 12.4. The van der Waals surface area contributed by atoms with E-state index in [1.54, 1.807) is 0 Å². The summed E-state index contributed by atoms with van der Waals surface area (Å²) in [7, 11) is 0. The average Bonchev–Trinajstić information content (AvgIpc) is 2.20. The Bertz CT molecular complexity index is 333. The molecule has 1 rings (SSSR count). The summed E-state index contributed by atoms with van der Waals surface area (Å²) in [5.74, 6) is 0.610. The molecule has 0 aliphatic carbocycles. The molecule has 2 N–H and O–H groups in total. The molecule has 0 fully saturated rings. The molecule has 1 aromatic rings. The number of nitrogens with one attached hydrogen (secondary N) is 1. The number of hydrogen-bond acceptors (Lipinski definition) is 2. The molecule has 0 aliphatic rings. The Labute approximate surface area is 113 Å². The molecule has 0 aliphatic heterocycles. The van der Waals surface area contributed by atoms with Crippen molar-refractivity contribution in [3.8, 4) is 0 Å². The molecule has 1 atom stereocenters. The summed E-state index contributed by atoms with van der Waals surface area (Å²) in [6.45, 7) is 7.77. The van der Waals surface area contributed by atoms with Crippen LogP contribution >= 0.6 is 15.9 Å². The quantitative estimate of drug-likeness (QED) is 0.846. The maximum absolute atomic E-state index is 10.3. The first-order valence-corrected chi connectivity index (χ1v) is 6.86. The second-order valence-corrected chi connectivity index (χ2v) is 6.24. The van der Waals surface area contributed by atoms with Crippen molar-refractivity contribution in [2.75, 3.05) is 13.1 Å². The maximum Gasteiger partial charge on any atom is 0.0783 e. The van der Waals surface area contributed by atoms with Gasteiger partial charge in [0.25, 0.3) is 0 Å². The minimum Gasteiger partial charge on any atom is -0.389 e. The minimum atomic E-state index is -0.692. The second kappa shape index (κ2) is 6.53. The SMILES string of the molecule is CC(C)CNCC(C)(O)Cc1ccc(Br)cc1. The van der Waals surface area contributed by atoms with Crippen molar-refractivity contribution in [3.05, 3.63) is 34.3 Å². The van der Waals surface area contributed by atoms with Gasteiger partial charge in [0.15, 0.2) is 0 Å². The first-order chi connectivity index (χ1) is 7.89. The van der Waals surface area contributed by atoms with Crippen LogP contribution in [0.15, 0.2) is 28.7 Å². The normalized spacial score (nSPS) is 14.9. The van der Waals surface area contributed by atoms with E-state index >= 15 is 0 Å². The van der Waals surface area contributed by atoms with E-state index in [1.807, 2.05) is 31.2 Å². The van der Waals surface area contributed by atoms with Crippen LogP contribution in [-0.2, 0) is 6.42 Å². The van der Waals surface area contributed by atoms with Gasteiger partial charge in [-0.15, -0.1) is 0 Å². The van der Waals surface area contributed by atoms with Crippen LogP contribution in [0, 0.1) is 5.92 Å². The number of hydrogen-bond donors (Lipinski definition) is 2. The van der Waals surface area contributed by atoms with Crippen LogP contribution in [0.2, 0.25) is 0 Å². The van der Waals surface area contributed by atoms with E-state index in [0.29, 0.717) is 18.9 Å². The van der Waals surface area contributed by atoms with Gasteiger partial charge in [-0.1, -0.05) is 41.9 Å². The molecule has 0 heterocycles. The average molecular weight is 300 g/mol. The van der Waals surface area contributed by atoms with Gasteiger partial charge in [-0.3, -0.25) is 0 Å². The Kier molecular flexibility index (Phi) is 5.63. The molecule has 1 aromatic carbocycles. The minimum absolute atomic E-state index is 0.610. The Morgan fingerprint density at radius 3 is 2.41 bits per heavy atom. The van der Waals surface area contributed by atoms with Gasteiger partial charge in [-0.2, -0.15) is 0 Å². The Hall–Kier alpha value is -0.380. The van der Waals surface area contributed by atoms with Gasteiger partial charge in [0.2, 0.25) is 0 Å². The molecule has 0 spiro atoms. The third kappa shape index (κ3) is 6.20. The van der Waals surface area contributed by atoms with E-state index < -0.39 is 5.60 Å². The Morgan fingerprint density at radius 1 is 1.29 bits per heavy atom. The lowest BCUT2D eigenvalue weighted by molar-refractivity contribution is 0.0596. The van der Waals surface area contributed by atoms with Crippen molar-refractivity contribution in [1.29, 1.82) is 0 Å². The Morgan fingerprint density at radius 2 is 1.88 bits per heavy atom. The molecular weight excluding hydrogens is 278 g/mol. The summed E-state index contributed by atoms with van der Waals surface area (Å²) < 4.78 is 1.07. The molecule has 0 aromatic heterocycles. The predicted molar refractivity (Wildman–Crippen MR) is 76.2 cm³/mol. The molecule has 0 amide bonds. The fraction of sp³-hybridized carbons (Fsp3) is 0.571. The number of halogens is 1. The van der Waals surface area contributed by atoms with Crippen molar-refractivity contribution in [1.82, 2.24) is 5.32 Å². The van der Waals surface area contributed by atoms with E-state index in [0.717, 1.165) is 16.6 Å².